The van der Waals surface area contributed by atoms with Crippen molar-refractivity contribution < 1.29 is 9.84 Å². The number of likely N-dealkylation sites (N-methyl/N-ethyl adjacent to an activating group) is 1. The fraction of sp³-hybridized carbons (Fsp3) is 0.600. The van der Waals surface area contributed by atoms with E-state index >= 15 is 0 Å². The van der Waals surface area contributed by atoms with Crippen LogP contribution >= 0.6 is 0 Å². The minimum absolute atomic E-state index is 0.153. The largest absolute Gasteiger partial charge is 0.491 e. The smallest absolute Gasteiger partial charge is 0.120 e. The van der Waals surface area contributed by atoms with Crippen LogP contribution in [0, 0.1) is 0 Å². The van der Waals surface area contributed by atoms with Crippen LogP contribution in [0.2, 0.25) is 0 Å². The van der Waals surface area contributed by atoms with Gasteiger partial charge in [-0.05, 0) is 51.9 Å². The first kappa shape index (κ1) is 13.4. The van der Waals surface area contributed by atoms with Gasteiger partial charge in [0.15, 0.2) is 0 Å². The molecule has 1 N–H and O–H groups in total. The van der Waals surface area contributed by atoms with Gasteiger partial charge in [-0.2, -0.15) is 0 Å². The molecular formula is C15H23NO2. The number of β-amino-alcohol motifs (C(OH)–C–C–N with tert-alkyl or cyclic N) is 1. The van der Waals surface area contributed by atoms with Crippen molar-refractivity contribution in [3.05, 3.63) is 29.8 Å². The van der Waals surface area contributed by atoms with Crippen molar-refractivity contribution in [2.24, 2.45) is 0 Å². The van der Waals surface area contributed by atoms with Crippen LogP contribution in [0.25, 0.3) is 0 Å². The second-order valence-electron chi connectivity index (χ2n) is 5.69. The first-order valence-corrected chi connectivity index (χ1v) is 6.60. The number of rotatable bonds is 3. The molecule has 1 aliphatic rings. The fourth-order valence-electron chi connectivity index (χ4n) is 2.62. The number of likely N-dealkylation sites (tertiary alicyclic amines) is 1. The van der Waals surface area contributed by atoms with Crippen LogP contribution in [-0.4, -0.2) is 35.7 Å². The van der Waals surface area contributed by atoms with E-state index in [1.165, 1.54) is 0 Å². The molecule has 0 amide bonds. The highest BCUT2D eigenvalue weighted by Gasteiger charge is 2.40. The topological polar surface area (TPSA) is 32.7 Å². The average Bonchev–Trinajstić information content (AvgIpc) is 2.53. The molecule has 0 aromatic heterocycles. The predicted molar refractivity (Wildman–Crippen MR) is 72.8 cm³/mol. The third kappa shape index (κ3) is 2.68. The second kappa shape index (κ2) is 4.90. The average molecular weight is 249 g/mol. The Morgan fingerprint density at radius 3 is 2.72 bits per heavy atom. The summed E-state index contributed by atoms with van der Waals surface area (Å²) >= 11 is 0. The maximum absolute atomic E-state index is 10.8. The van der Waals surface area contributed by atoms with E-state index in [0.29, 0.717) is 12.6 Å². The van der Waals surface area contributed by atoms with Gasteiger partial charge in [-0.25, -0.2) is 0 Å². The molecule has 1 saturated heterocycles. The van der Waals surface area contributed by atoms with Crippen molar-refractivity contribution in [2.75, 3.05) is 13.6 Å². The number of hydrogen-bond donors (Lipinski definition) is 1. The molecule has 1 fully saturated rings. The highest BCUT2D eigenvalue weighted by Crippen LogP contribution is 2.36. The maximum atomic E-state index is 10.8. The van der Waals surface area contributed by atoms with Gasteiger partial charge in [0.1, 0.15) is 11.4 Å². The van der Waals surface area contributed by atoms with Gasteiger partial charge >= 0.3 is 0 Å². The lowest BCUT2D eigenvalue weighted by molar-refractivity contribution is 0.0482. The third-order valence-corrected chi connectivity index (χ3v) is 3.64. The van der Waals surface area contributed by atoms with Crippen LogP contribution in [0.15, 0.2) is 24.3 Å². The van der Waals surface area contributed by atoms with Crippen molar-refractivity contribution >= 4 is 0 Å². The standard InChI is InChI=1S/C15H23NO2/c1-11(2)18-14-7-5-6-13(8-14)15(17)9-12(3)16(4)10-15/h5-8,11-12,17H,9-10H2,1-4H3. The molecule has 1 aliphatic heterocycles. The lowest BCUT2D eigenvalue weighted by Gasteiger charge is -2.23. The molecule has 0 radical (unpaired) electrons. The van der Waals surface area contributed by atoms with Crippen LogP contribution in [0.3, 0.4) is 0 Å². The van der Waals surface area contributed by atoms with Crippen LogP contribution in [0.1, 0.15) is 32.8 Å². The van der Waals surface area contributed by atoms with Gasteiger partial charge in [-0.1, -0.05) is 12.1 Å². The van der Waals surface area contributed by atoms with E-state index in [2.05, 4.69) is 18.9 Å². The van der Waals surface area contributed by atoms with E-state index in [-0.39, 0.29) is 6.10 Å². The van der Waals surface area contributed by atoms with Gasteiger partial charge in [0.25, 0.3) is 0 Å². The molecule has 0 spiro atoms. The van der Waals surface area contributed by atoms with Gasteiger partial charge in [0.05, 0.1) is 6.10 Å². The molecule has 100 valence electrons. The number of nitrogens with zero attached hydrogens (tertiary/aromatic N) is 1. The minimum atomic E-state index is -0.746. The molecule has 1 heterocycles. The summed E-state index contributed by atoms with van der Waals surface area (Å²) in [5, 5.41) is 10.8. The van der Waals surface area contributed by atoms with E-state index in [1.54, 1.807) is 0 Å². The van der Waals surface area contributed by atoms with Gasteiger partial charge in [0.2, 0.25) is 0 Å². The van der Waals surface area contributed by atoms with Crippen molar-refractivity contribution in [3.8, 4) is 5.75 Å². The molecule has 18 heavy (non-hydrogen) atoms. The monoisotopic (exact) mass is 249 g/mol. The Hall–Kier alpha value is -1.06. The fourth-order valence-corrected chi connectivity index (χ4v) is 2.62. The summed E-state index contributed by atoms with van der Waals surface area (Å²) in [4.78, 5) is 2.19. The number of hydrogen-bond acceptors (Lipinski definition) is 3. The Morgan fingerprint density at radius 2 is 2.17 bits per heavy atom. The third-order valence-electron chi connectivity index (χ3n) is 3.64. The number of benzene rings is 1. The molecule has 3 heteroatoms. The molecule has 1 aromatic rings. The molecule has 0 aliphatic carbocycles. The summed E-state index contributed by atoms with van der Waals surface area (Å²) in [7, 11) is 2.05. The van der Waals surface area contributed by atoms with Gasteiger partial charge in [-0.15, -0.1) is 0 Å². The second-order valence-corrected chi connectivity index (χ2v) is 5.69. The first-order chi connectivity index (χ1) is 8.40. The van der Waals surface area contributed by atoms with Gasteiger partial charge < -0.3 is 14.7 Å². The number of aliphatic hydroxyl groups is 1. The Labute approximate surface area is 109 Å². The van der Waals surface area contributed by atoms with E-state index in [4.69, 9.17) is 4.74 Å². The molecule has 1 aromatic carbocycles. The molecule has 3 nitrogen and oxygen atoms in total. The van der Waals surface area contributed by atoms with E-state index in [1.807, 2.05) is 38.1 Å². The Morgan fingerprint density at radius 1 is 1.44 bits per heavy atom. The van der Waals surface area contributed by atoms with E-state index in [9.17, 15) is 5.11 Å². The summed E-state index contributed by atoms with van der Waals surface area (Å²) in [6.45, 7) is 6.84. The minimum Gasteiger partial charge on any atom is -0.491 e. The van der Waals surface area contributed by atoms with E-state index < -0.39 is 5.60 Å². The first-order valence-electron chi connectivity index (χ1n) is 6.60. The van der Waals surface area contributed by atoms with E-state index in [0.717, 1.165) is 17.7 Å². The van der Waals surface area contributed by atoms with Crippen LogP contribution in [0.5, 0.6) is 5.75 Å². The Bertz CT molecular complexity index is 407. The Kier molecular flexibility index (Phi) is 3.64. The predicted octanol–water partition coefficient (Wildman–Crippen LogP) is 2.39. The molecule has 2 unspecified atom stereocenters. The van der Waals surface area contributed by atoms with Gasteiger partial charge in [0, 0.05) is 12.6 Å². The lowest BCUT2D eigenvalue weighted by atomic mass is 9.91. The van der Waals surface area contributed by atoms with Crippen molar-refractivity contribution in [2.45, 2.75) is 44.9 Å². The summed E-state index contributed by atoms with van der Waals surface area (Å²) < 4.78 is 5.69. The van der Waals surface area contributed by atoms with Gasteiger partial charge in [-0.3, -0.25) is 0 Å². The van der Waals surface area contributed by atoms with Crippen LogP contribution < -0.4 is 4.74 Å². The number of ether oxygens (including phenoxy) is 1. The molecule has 2 atom stereocenters. The Balaban J connectivity index is 2.23. The van der Waals surface area contributed by atoms with Crippen molar-refractivity contribution in [1.82, 2.24) is 4.90 Å². The van der Waals surface area contributed by atoms with Crippen molar-refractivity contribution in [1.29, 1.82) is 0 Å². The molecule has 0 bridgehead atoms. The summed E-state index contributed by atoms with van der Waals surface area (Å²) in [5.74, 6) is 0.832. The lowest BCUT2D eigenvalue weighted by Crippen LogP contribution is -2.29. The zero-order valence-corrected chi connectivity index (χ0v) is 11.7. The summed E-state index contributed by atoms with van der Waals surface area (Å²) in [6, 6.07) is 8.25. The zero-order chi connectivity index (χ0) is 13.3. The summed E-state index contributed by atoms with van der Waals surface area (Å²) in [6.07, 6.45) is 0.925. The normalized spacial score (nSPS) is 28.9. The zero-order valence-electron chi connectivity index (χ0n) is 11.7. The molecule has 2 rings (SSSR count). The quantitative estimate of drug-likeness (QED) is 0.892. The van der Waals surface area contributed by atoms with Crippen molar-refractivity contribution in [3.63, 3.8) is 0 Å². The highest BCUT2D eigenvalue weighted by atomic mass is 16.5. The molecular weight excluding hydrogens is 226 g/mol. The van der Waals surface area contributed by atoms with Crippen LogP contribution in [-0.2, 0) is 5.60 Å². The highest BCUT2D eigenvalue weighted by molar-refractivity contribution is 5.33. The van der Waals surface area contributed by atoms with Crippen LogP contribution in [0.4, 0.5) is 0 Å². The maximum Gasteiger partial charge on any atom is 0.120 e. The summed E-state index contributed by atoms with van der Waals surface area (Å²) in [5.41, 5.74) is 0.210. The SMILES string of the molecule is CC(C)Oc1cccc(C2(O)CC(C)N(C)C2)c1. The molecule has 0 saturated carbocycles.